The van der Waals surface area contributed by atoms with Crippen molar-refractivity contribution in [3.05, 3.63) is 0 Å². The van der Waals surface area contributed by atoms with E-state index in [4.69, 9.17) is 5.11 Å². The molecule has 0 bridgehead atoms. The Hall–Kier alpha value is -0.180. The van der Waals surface area contributed by atoms with Gasteiger partial charge in [0, 0.05) is 6.42 Å². The Bertz CT molecular complexity index is 136. The lowest BCUT2D eigenvalue weighted by molar-refractivity contribution is -0.167. The fourth-order valence-corrected chi connectivity index (χ4v) is 0.776. The van der Waals surface area contributed by atoms with E-state index in [0.717, 1.165) is 13.8 Å². The molecule has 12 heavy (non-hydrogen) atoms. The molecule has 0 aromatic rings. The molecule has 0 amide bonds. The first-order chi connectivity index (χ1) is 5.17. The monoisotopic (exact) mass is 180 g/mol. The quantitative estimate of drug-likeness (QED) is 0.705. The molecule has 3 heteroatoms. The van der Waals surface area contributed by atoms with Gasteiger partial charge in [-0.3, -0.25) is 0 Å². The molecule has 1 N–H and O–H groups in total. The van der Waals surface area contributed by atoms with E-state index in [2.05, 4.69) is 0 Å². The van der Waals surface area contributed by atoms with Gasteiger partial charge in [0.2, 0.25) is 0 Å². The molecule has 74 valence electrons. The highest BCUT2D eigenvalue weighted by molar-refractivity contribution is 4.84. The minimum atomic E-state index is -2.97. The molecule has 0 atom stereocenters. The van der Waals surface area contributed by atoms with Crippen LogP contribution in [0.25, 0.3) is 0 Å². The van der Waals surface area contributed by atoms with E-state index in [0.29, 0.717) is 6.42 Å². The molecule has 0 saturated carbocycles. The molecule has 0 aromatic carbocycles. The second kappa shape index (κ2) is 3.69. The average molecular weight is 180 g/mol. The van der Waals surface area contributed by atoms with Gasteiger partial charge in [-0.15, -0.1) is 0 Å². The van der Waals surface area contributed by atoms with E-state index in [1.807, 2.05) is 13.8 Å². The van der Waals surface area contributed by atoms with Gasteiger partial charge in [-0.25, -0.2) is 8.78 Å². The zero-order valence-corrected chi connectivity index (χ0v) is 8.19. The third-order valence-electron chi connectivity index (χ3n) is 1.93. The van der Waals surface area contributed by atoms with Crippen LogP contribution in [-0.2, 0) is 0 Å². The van der Waals surface area contributed by atoms with Crippen molar-refractivity contribution in [3.63, 3.8) is 0 Å². The summed E-state index contributed by atoms with van der Waals surface area (Å²) < 4.78 is 26.1. The molecule has 0 heterocycles. The van der Waals surface area contributed by atoms with Crippen LogP contribution in [0.3, 0.4) is 0 Å². The van der Waals surface area contributed by atoms with Gasteiger partial charge < -0.3 is 5.11 Å². The molecule has 0 aliphatic rings. The third kappa shape index (κ3) is 3.48. The first-order valence-corrected chi connectivity index (χ1v) is 4.27. The van der Waals surface area contributed by atoms with E-state index >= 15 is 0 Å². The van der Waals surface area contributed by atoms with Crippen LogP contribution in [0, 0.1) is 5.92 Å². The standard InChI is InChI=1S/C9H18F2O/c1-7(2)5-6-9(10,11)8(3,4)12/h7,12H,5-6H2,1-4H3. The van der Waals surface area contributed by atoms with Crippen molar-refractivity contribution >= 4 is 0 Å². The van der Waals surface area contributed by atoms with Crippen LogP contribution in [0.15, 0.2) is 0 Å². The summed E-state index contributed by atoms with van der Waals surface area (Å²) in [6, 6.07) is 0. The Balaban J connectivity index is 4.05. The Morgan fingerprint density at radius 3 is 1.92 bits per heavy atom. The minimum Gasteiger partial charge on any atom is -0.384 e. The summed E-state index contributed by atoms with van der Waals surface area (Å²) in [7, 11) is 0. The van der Waals surface area contributed by atoms with E-state index < -0.39 is 11.5 Å². The summed E-state index contributed by atoms with van der Waals surface area (Å²) >= 11 is 0. The summed E-state index contributed by atoms with van der Waals surface area (Å²) in [5.41, 5.74) is -1.90. The summed E-state index contributed by atoms with van der Waals surface area (Å²) in [6.07, 6.45) is 0.200. The predicted octanol–water partition coefficient (Wildman–Crippen LogP) is 2.83. The van der Waals surface area contributed by atoms with Gasteiger partial charge in [0.05, 0.1) is 0 Å². The number of hydrogen-bond donors (Lipinski definition) is 1. The van der Waals surface area contributed by atoms with Crippen molar-refractivity contribution in [1.29, 1.82) is 0 Å². The molecule has 0 rings (SSSR count). The number of alkyl halides is 2. The van der Waals surface area contributed by atoms with Gasteiger partial charge >= 0.3 is 0 Å². The highest BCUT2D eigenvalue weighted by Crippen LogP contribution is 2.33. The van der Waals surface area contributed by atoms with Crippen LogP contribution < -0.4 is 0 Å². The maximum Gasteiger partial charge on any atom is 0.275 e. The summed E-state index contributed by atoms with van der Waals surface area (Å²) in [5, 5.41) is 9.11. The first kappa shape index (κ1) is 11.8. The Morgan fingerprint density at radius 2 is 1.67 bits per heavy atom. The van der Waals surface area contributed by atoms with E-state index in [1.54, 1.807) is 0 Å². The van der Waals surface area contributed by atoms with Gasteiger partial charge in [0.25, 0.3) is 5.92 Å². The fourth-order valence-electron chi connectivity index (χ4n) is 0.776. The van der Waals surface area contributed by atoms with Crippen molar-refractivity contribution in [2.75, 3.05) is 0 Å². The lowest BCUT2D eigenvalue weighted by Gasteiger charge is -2.29. The SMILES string of the molecule is CC(C)CCC(F)(F)C(C)(C)O. The highest BCUT2D eigenvalue weighted by atomic mass is 19.3. The number of hydrogen-bond acceptors (Lipinski definition) is 1. The maximum atomic E-state index is 13.0. The van der Waals surface area contributed by atoms with Crippen LogP contribution in [0.1, 0.15) is 40.5 Å². The molecule has 0 aliphatic heterocycles. The second-order valence-corrected chi connectivity index (χ2v) is 4.20. The Labute approximate surface area is 72.8 Å². The molecule has 1 nitrogen and oxygen atoms in total. The zero-order valence-electron chi connectivity index (χ0n) is 8.19. The lowest BCUT2D eigenvalue weighted by atomic mass is 9.93. The molecule has 0 radical (unpaired) electrons. The highest BCUT2D eigenvalue weighted by Gasteiger charge is 2.44. The fraction of sp³-hybridized carbons (Fsp3) is 1.00. The van der Waals surface area contributed by atoms with Crippen molar-refractivity contribution in [3.8, 4) is 0 Å². The van der Waals surface area contributed by atoms with Crippen molar-refractivity contribution in [1.82, 2.24) is 0 Å². The van der Waals surface area contributed by atoms with Gasteiger partial charge in [0.1, 0.15) is 5.60 Å². The zero-order chi connectivity index (χ0) is 9.99. The van der Waals surface area contributed by atoms with Crippen molar-refractivity contribution in [2.24, 2.45) is 5.92 Å². The van der Waals surface area contributed by atoms with Crippen molar-refractivity contribution < 1.29 is 13.9 Å². The summed E-state index contributed by atoms with van der Waals surface area (Å²) in [5.74, 6) is -2.73. The van der Waals surface area contributed by atoms with Gasteiger partial charge in [0.15, 0.2) is 0 Å². The molecule has 0 unspecified atom stereocenters. The summed E-state index contributed by atoms with van der Waals surface area (Å²) in [6.45, 7) is 6.07. The van der Waals surface area contributed by atoms with E-state index in [1.165, 1.54) is 0 Å². The number of halogens is 2. The normalized spacial score (nSPS) is 14.0. The average Bonchev–Trinajstić information content (AvgIpc) is 1.81. The molecular formula is C9H18F2O. The van der Waals surface area contributed by atoms with Crippen LogP contribution >= 0.6 is 0 Å². The largest absolute Gasteiger partial charge is 0.384 e. The second-order valence-electron chi connectivity index (χ2n) is 4.20. The lowest BCUT2D eigenvalue weighted by Crippen LogP contribution is -2.42. The third-order valence-corrected chi connectivity index (χ3v) is 1.93. The van der Waals surface area contributed by atoms with Gasteiger partial charge in [-0.05, 0) is 26.2 Å². The number of rotatable bonds is 4. The van der Waals surface area contributed by atoms with Crippen LogP contribution in [-0.4, -0.2) is 16.6 Å². The van der Waals surface area contributed by atoms with E-state index in [9.17, 15) is 8.78 Å². The molecule has 0 saturated heterocycles. The van der Waals surface area contributed by atoms with Crippen LogP contribution in [0.4, 0.5) is 8.78 Å². The molecule has 0 fully saturated rings. The van der Waals surface area contributed by atoms with E-state index in [-0.39, 0.29) is 12.3 Å². The molecule has 0 aliphatic carbocycles. The topological polar surface area (TPSA) is 20.2 Å². The molecule has 0 aromatic heterocycles. The molecule has 0 spiro atoms. The number of aliphatic hydroxyl groups is 1. The predicted molar refractivity (Wildman–Crippen MR) is 45.3 cm³/mol. The first-order valence-electron chi connectivity index (χ1n) is 4.27. The summed E-state index contributed by atoms with van der Waals surface area (Å²) in [4.78, 5) is 0. The maximum absolute atomic E-state index is 13.0. The van der Waals surface area contributed by atoms with Crippen LogP contribution in [0.5, 0.6) is 0 Å². The Kier molecular flexibility index (Phi) is 3.63. The van der Waals surface area contributed by atoms with Gasteiger partial charge in [-0.2, -0.15) is 0 Å². The minimum absolute atomic E-state index is 0.242. The smallest absolute Gasteiger partial charge is 0.275 e. The molecular weight excluding hydrogens is 162 g/mol. The van der Waals surface area contributed by atoms with Crippen LogP contribution in [0.2, 0.25) is 0 Å². The van der Waals surface area contributed by atoms with Crippen molar-refractivity contribution in [2.45, 2.75) is 52.1 Å². The van der Waals surface area contributed by atoms with Gasteiger partial charge in [-0.1, -0.05) is 13.8 Å². The Morgan fingerprint density at radius 1 is 1.25 bits per heavy atom.